The molecular formula is C16H19N7O2. The Bertz CT molecular complexity index is 872. The van der Waals surface area contributed by atoms with Crippen LogP contribution >= 0.6 is 0 Å². The van der Waals surface area contributed by atoms with Crippen molar-refractivity contribution in [3.8, 4) is 0 Å². The number of carbonyl (C=O) groups excluding carboxylic acids is 2. The van der Waals surface area contributed by atoms with E-state index < -0.39 is 11.9 Å². The van der Waals surface area contributed by atoms with Gasteiger partial charge in [-0.25, -0.2) is 14.3 Å². The van der Waals surface area contributed by atoms with Crippen LogP contribution in [0.3, 0.4) is 0 Å². The topological polar surface area (TPSA) is 94.9 Å². The number of rotatable bonds is 2. The van der Waals surface area contributed by atoms with Crippen molar-refractivity contribution in [3.63, 3.8) is 0 Å². The first-order valence-electron chi connectivity index (χ1n) is 8.22. The zero-order chi connectivity index (χ0) is 17.4. The summed E-state index contributed by atoms with van der Waals surface area (Å²) >= 11 is 0. The highest BCUT2D eigenvalue weighted by Crippen LogP contribution is 2.18. The van der Waals surface area contributed by atoms with Crippen LogP contribution in [0.15, 0.2) is 24.2 Å². The fourth-order valence-electron chi connectivity index (χ4n) is 3.07. The molecule has 4 rings (SSSR count). The highest BCUT2D eigenvalue weighted by Gasteiger charge is 2.23. The smallest absolute Gasteiger partial charge is 0.326 e. The van der Waals surface area contributed by atoms with E-state index in [0.29, 0.717) is 11.2 Å². The van der Waals surface area contributed by atoms with E-state index in [0.717, 1.165) is 38.4 Å². The summed E-state index contributed by atoms with van der Waals surface area (Å²) in [5, 5.41) is 8.92. The molecule has 9 nitrogen and oxygen atoms in total. The Hall–Kier alpha value is -2.94. The van der Waals surface area contributed by atoms with Gasteiger partial charge >= 0.3 is 6.03 Å². The SMILES string of the molecule is CN1CCCN(c2ccn3ncc(/C=C4/NC(=O)NC4=O)c3n2)CC1. The number of hydrogen-bond acceptors (Lipinski definition) is 6. The Morgan fingerprint density at radius 1 is 1.16 bits per heavy atom. The molecule has 9 heteroatoms. The van der Waals surface area contributed by atoms with Gasteiger partial charge in [0.15, 0.2) is 5.65 Å². The molecule has 2 aromatic heterocycles. The number of carbonyl (C=O) groups is 2. The van der Waals surface area contributed by atoms with Crippen molar-refractivity contribution in [1.29, 1.82) is 0 Å². The minimum absolute atomic E-state index is 0.198. The maximum Gasteiger partial charge on any atom is 0.326 e. The summed E-state index contributed by atoms with van der Waals surface area (Å²) < 4.78 is 1.66. The van der Waals surface area contributed by atoms with Crippen molar-refractivity contribution >= 4 is 29.5 Å². The predicted octanol–water partition coefficient (Wildman–Crippen LogP) is 0.0515. The Labute approximate surface area is 144 Å². The highest BCUT2D eigenvalue weighted by molar-refractivity contribution is 6.14. The standard InChI is InChI=1S/C16H19N7O2/c1-21-4-2-5-22(8-7-21)13-3-6-23-14(19-13)11(10-17-23)9-12-15(24)20-16(25)18-12/h3,6,9-10H,2,4-5,7-8H2,1H3,(H2,18,20,24,25)/b12-9+. The molecule has 3 amide bonds. The molecule has 0 bridgehead atoms. The number of fused-ring (bicyclic) bond motifs is 1. The molecule has 0 atom stereocenters. The largest absolute Gasteiger partial charge is 0.355 e. The van der Waals surface area contributed by atoms with Gasteiger partial charge in [0.25, 0.3) is 5.91 Å². The molecule has 0 saturated carbocycles. The molecule has 2 N–H and O–H groups in total. The van der Waals surface area contributed by atoms with Crippen LogP contribution < -0.4 is 15.5 Å². The van der Waals surface area contributed by atoms with Crippen molar-refractivity contribution in [2.45, 2.75) is 6.42 Å². The first-order valence-corrected chi connectivity index (χ1v) is 8.22. The number of likely N-dealkylation sites (N-methyl/N-ethyl adjacent to an activating group) is 1. The first-order chi connectivity index (χ1) is 12.1. The van der Waals surface area contributed by atoms with Crippen LogP contribution in [0.2, 0.25) is 0 Å². The Kier molecular flexibility index (Phi) is 3.85. The lowest BCUT2D eigenvalue weighted by Crippen LogP contribution is -2.29. The number of aromatic nitrogens is 3. The zero-order valence-corrected chi connectivity index (χ0v) is 13.9. The monoisotopic (exact) mass is 341 g/mol. The van der Waals surface area contributed by atoms with E-state index in [2.05, 4.69) is 32.6 Å². The van der Waals surface area contributed by atoms with Gasteiger partial charge in [0, 0.05) is 31.4 Å². The molecule has 0 spiro atoms. The van der Waals surface area contributed by atoms with E-state index in [-0.39, 0.29) is 5.70 Å². The Morgan fingerprint density at radius 2 is 2.04 bits per heavy atom. The van der Waals surface area contributed by atoms with E-state index in [9.17, 15) is 9.59 Å². The van der Waals surface area contributed by atoms with Crippen LogP contribution in [-0.2, 0) is 4.79 Å². The van der Waals surface area contributed by atoms with Gasteiger partial charge in [-0.2, -0.15) is 5.10 Å². The molecule has 0 aromatic carbocycles. The summed E-state index contributed by atoms with van der Waals surface area (Å²) in [4.78, 5) is 32.3. The number of nitrogens with zero attached hydrogens (tertiary/aromatic N) is 5. The van der Waals surface area contributed by atoms with E-state index in [1.807, 2.05) is 12.3 Å². The van der Waals surface area contributed by atoms with Crippen LogP contribution in [0.5, 0.6) is 0 Å². The van der Waals surface area contributed by atoms with E-state index in [1.54, 1.807) is 16.8 Å². The number of imide groups is 1. The number of hydrogen-bond donors (Lipinski definition) is 2. The van der Waals surface area contributed by atoms with Crippen molar-refractivity contribution in [3.05, 3.63) is 29.7 Å². The average Bonchev–Trinajstić information content (AvgIpc) is 3.04. The molecule has 0 radical (unpaired) electrons. The van der Waals surface area contributed by atoms with Gasteiger partial charge in [0.1, 0.15) is 11.5 Å². The number of nitrogens with one attached hydrogen (secondary N) is 2. The first kappa shape index (κ1) is 15.6. The number of urea groups is 1. The maximum absolute atomic E-state index is 11.7. The molecule has 2 saturated heterocycles. The lowest BCUT2D eigenvalue weighted by Gasteiger charge is -2.21. The molecule has 2 fully saturated rings. The zero-order valence-electron chi connectivity index (χ0n) is 13.9. The van der Waals surface area contributed by atoms with E-state index in [1.165, 1.54) is 0 Å². The van der Waals surface area contributed by atoms with Crippen LogP contribution in [0, 0.1) is 0 Å². The third-order valence-corrected chi connectivity index (χ3v) is 4.44. The molecule has 0 aliphatic carbocycles. The lowest BCUT2D eigenvalue weighted by atomic mass is 10.2. The second kappa shape index (κ2) is 6.17. The fraction of sp³-hybridized carbons (Fsp3) is 0.375. The van der Waals surface area contributed by atoms with Gasteiger partial charge in [-0.3, -0.25) is 10.1 Å². The van der Waals surface area contributed by atoms with Crippen molar-refractivity contribution in [1.82, 2.24) is 30.1 Å². The maximum atomic E-state index is 11.7. The lowest BCUT2D eigenvalue weighted by molar-refractivity contribution is -0.115. The van der Waals surface area contributed by atoms with Crippen LogP contribution in [0.25, 0.3) is 11.7 Å². The van der Waals surface area contributed by atoms with Gasteiger partial charge in [-0.05, 0) is 32.2 Å². The molecule has 2 aliphatic heterocycles. The summed E-state index contributed by atoms with van der Waals surface area (Å²) in [5.41, 5.74) is 1.53. The van der Waals surface area contributed by atoms with Crippen LogP contribution in [0.4, 0.5) is 10.6 Å². The molecule has 130 valence electrons. The average molecular weight is 341 g/mol. The Balaban J connectivity index is 1.67. The highest BCUT2D eigenvalue weighted by atomic mass is 16.2. The molecular weight excluding hydrogens is 322 g/mol. The second-order valence-corrected chi connectivity index (χ2v) is 6.26. The van der Waals surface area contributed by atoms with Gasteiger partial charge in [-0.15, -0.1) is 0 Å². The number of amides is 3. The summed E-state index contributed by atoms with van der Waals surface area (Å²) in [5.74, 6) is 0.443. The number of anilines is 1. The van der Waals surface area contributed by atoms with Gasteiger partial charge in [0.05, 0.1) is 6.20 Å². The summed E-state index contributed by atoms with van der Waals surface area (Å²) in [6.07, 6.45) is 6.18. The van der Waals surface area contributed by atoms with Crippen molar-refractivity contribution in [2.75, 3.05) is 38.1 Å². The van der Waals surface area contributed by atoms with Gasteiger partial charge in [0.2, 0.25) is 0 Å². The minimum Gasteiger partial charge on any atom is -0.355 e. The predicted molar refractivity (Wildman–Crippen MR) is 92.0 cm³/mol. The van der Waals surface area contributed by atoms with Crippen molar-refractivity contribution in [2.24, 2.45) is 0 Å². The summed E-state index contributed by atoms with van der Waals surface area (Å²) in [7, 11) is 2.13. The third kappa shape index (κ3) is 3.05. The van der Waals surface area contributed by atoms with Crippen LogP contribution in [-0.4, -0.2) is 64.7 Å². The fourth-order valence-corrected chi connectivity index (χ4v) is 3.07. The molecule has 2 aromatic rings. The summed E-state index contributed by atoms with van der Waals surface area (Å²) in [6.45, 7) is 3.95. The van der Waals surface area contributed by atoms with Crippen LogP contribution in [0.1, 0.15) is 12.0 Å². The van der Waals surface area contributed by atoms with Crippen molar-refractivity contribution < 1.29 is 9.59 Å². The quantitative estimate of drug-likeness (QED) is 0.592. The molecule has 0 unspecified atom stereocenters. The molecule has 25 heavy (non-hydrogen) atoms. The Morgan fingerprint density at radius 3 is 2.84 bits per heavy atom. The normalized spacial score (nSPS) is 20.8. The minimum atomic E-state index is -0.518. The van der Waals surface area contributed by atoms with E-state index in [4.69, 9.17) is 4.98 Å². The second-order valence-electron chi connectivity index (χ2n) is 6.26. The third-order valence-electron chi connectivity index (χ3n) is 4.44. The van der Waals surface area contributed by atoms with Gasteiger partial charge in [-0.1, -0.05) is 0 Å². The summed E-state index contributed by atoms with van der Waals surface area (Å²) in [6, 6.07) is 1.43. The van der Waals surface area contributed by atoms with E-state index >= 15 is 0 Å². The van der Waals surface area contributed by atoms with Gasteiger partial charge < -0.3 is 15.1 Å². The molecule has 4 heterocycles. The molecule has 2 aliphatic rings.